The molecular formula is C15H19ClN2OS. The van der Waals surface area contributed by atoms with Gasteiger partial charge >= 0.3 is 0 Å². The number of rotatable bonds is 5. The average molecular weight is 311 g/mol. The topological polar surface area (TPSA) is 34.2 Å². The number of hydrogen-bond acceptors (Lipinski definition) is 4. The highest BCUT2D eigenvalue weighted by Crippen LogP contribution is 2.30. The van der Waals surface area contributed by atoms with Gasteiger partial charge in [-0.05, 0) is 45.9 Å². The van der Waals surface area contributed by atoms with Gasteiger partial charge < -0.3 is 10.1 Å². The third-order valence-corrected chi connectivity index (χ3v) is 3.85. The predicted molar refractivity (Wildman–Crippen MR) is 86.1 cm³/mol. The molecule has 108 valence electrons. The molecule has 3 nitrogen and oxygen atoms in total. The molecule has 0 aliphatic carbocycles. The van der Waals surface area contributed by atoms with E-state index in [0.717, 1.165) is 16.4 Å². The lowest BCUT2D eigenvalue weighted by atomic mass is 10.2. The van der Waals surface area contributed by atoms with E-state index in [9.17, 15) is 0 Å². The Morgan fingerprint density at radius 2 is 2.05 bits per heavy atom. The fourth-order valence-corrected chi connectivity index (χ4v) is 2.77. The van der Waals surface area contributed by atoms with Crippen molar-refractivity contribution < 1.29 is 4.74 Å². The first-order valence-electron chi connectivity index (χ1n) is 6.60. The molecule has 1 unspecified atom stereocenters. The molecule has 0 spiro atoms. The summed E-state index contributed by atoms with van der Waals surface area (Å²) in [6.45, 7) is 8.06. The molecule has 0 amide bonds. The molecule has 2 aromatic rings. The van der Waals surface area contributed by atoms with Crippen LogP contribution in [0.1, 0.15) is 37.5 Å². The van der Waals surface area contributed by atoms with E-state index in [4.69, 9.17) is 16.3 Å². The number of benzene rings is 1. The van der Waals surface area contributed by atoms with Crippen LogP contribution >= 0.6 is 22.9 Å². The lowest BCUT2D eigenvalue weighted by molar-refractivity contribution is 0.242. The molecule has 1 aromatic heterocycles. The highest BCUT2D eigenvalue weighted by Gasteiger charge is 2.10. The molecule has 2 rings (SSSR count). The van der Waals surface area contributed by atoms with Crippen LogP contribution < -0.4 is 10.1 Å². The summed E-state index contributed by atoms with van der Waals surface area (Å²) in [7, 11) is 0. The predicted octanol–water partition coefficient (Wildman–Crippen LogP) is 5.07. The smallest absolute Gasteiger partial charge is 0.138 e. The number of thiazole rings is 1. The Hall–Kier alpha value is -1.26. The maximum absolute atomic E-state index is 6.23. The van der Waals surface area contributed by atoms with Crippen LogP contribution in [0.3, 0.4) is 0 Å². The first-order valence-corrected chi connectivity index (χ1v) is 7.86. The standard InChI is InChI=1S/C15H19ClN2OS/c1-9(2)19-15-6-5-12(7-13(15)16)17-10(3)14-8-20-11(4)18-14/h5-10,17H,1-4H3. The average Bonchev–Trinajstić information content (AvgIpc) is 2.79. The van der Waals surface area contributed by atoms with E-state index >= 15 is 0 Å². The van der Waals surface area contributed by atoms with Crippen LogP contribution in [0.5, 0.6) is 5.75 Å². The van der Waals surface area contributed by atoms with Gasteiger partial charge in [-0.1, -0.05) is 11.6 Å². The van der Waals surface area contributed by atoms with Crippen molar-refractivity contribution in [2.45, 2.75) is 39.8 Å². The van der Waals surface area contributed by atoms with Gasteiger partial charge in [0.2, 0.25) is 0 Å². The maximum atomic E-state index is 6.23. The Morgan fingerprint density at radius 3 is 2.60 bits per heavy atom. The number of nitrogens with zero attached hydrogens (tertiary/aromatic N) is 1. The Morgan fingerprint density at radius 1 is 1.30 bits per heavy atom. The summed E-state index contributed by atoms with van der Waals surface area (Å²) in [5.74, 6) is 0.712. The van der Waals surface area contributed by atoms with Gasteiger partial charge in [0.05, 0.1) is 27.9 Å². The fraction of sp³-hybridized carbons (Fsp3) is 0.400. The molecule has 0 aliphatic rings. The van der Waals surface area contributed by atoms with E-state index in [1.54, 1.807) is 11.3 Å². The number of hydrogen-bond donors (Lipinski definition) is 1. The van der Waals surface area contributed by atoms with Crippen LogP contribution in [0.15, 0.2) is 23.6 Å². The number of nitrogens with one attached hydrogen (secondary N) is 1. The van der Waals surface area contributed by atoms with E-state index in [1.165, 1.54) is 0 Å². The molecule has 0 saturated heterocycles. The first-order chi connectivity index (χ1) is 9.45. The summed E-state index contributed by atoms with van der Waals surface area (Å²) >= 11 is 7.89. The van der Waals surface area contributed by atoms with Crippen molar-refractivity contribution in [2.24, 2.45) is 0 Å². The third-order valence-electron chi connectivity index (χ3n) is 2.76. The molecule has 1 heterocycles. The summed E-state index contributed by atoms with van der Waals surface area (Å²) in [5.41, 5.74) is 2.01. The van der Waals surface area contributed by atoms with Crippen LogP contribution in [0.4, 0.5) is 5.69 Å². The number of aromatic nitrogens is 1. The minimum atomic E-state index is 0.114. The van der Waals surface area contributed by atoms with E-state index in [0.29, 0.717) is 10.8 Å². The largest absolute Gasteiger partial charge is 0.489 e. The normalized spacial score (nSPS) is 12.5. The van der Waals surface area contributed by atoms with Crippen LogP contribution in [0, 0.1) is 6.92 Å². The lowest BCUT2D eigenvalue weighted by Gasteiger charge is -2.16. The monoisotopic (exact) mass is 310 g/mol. The molecule has 0 bridgehead atoms. The number of aryl methyl sites for hydroxylation is 1. The zero-order chi connectivity index (χ0) is 14.7. The van der Waals surface area contributed by atoms with Crippen molar-refractivity contribution in [3.05, 3.63) is 39.3 Å². The number of halogens is 1. The van der Waals surface area contributed by atoms with Gasteiger partial charge in [0.1, 0.15) is 5.75 Å². The van der Waals surface area contributed by atoms with E-state index in [-0.39, 0.29) is 12.1 Å². The zero-order valence-corrected chi connectivity index (χ0v) is 13.7. The Balaban J connectivity index is 2.08. The summed E-state index contributed by atoms with van der Waals surface area (Å²) in [5, 5.41) is 7.16. The number of ether oxygens (including phenoxy) is 1. The van der Waals surface area contributed by atoms with Crippen molar-refractivity contribution >= 4 is 28.6 Å². The second kappa shape index (κ2) is 6.46. The van der Waals surface area contributed by atoms with Crippen molar-refractivity contribution in [3.8, 4) is 5.75 Å². The first kappa shape index (κ1) is 15.1. The van der Waals surface area contributed by atoms with Crippen LogP contribution in [0.2, 0.25) is 5.02 Å². The lowest BCUT2D eigenvalue weighted by Crippen LogP contribution is -2.08. The molecule has 1 N–H and O–H groups in total. The molecule has 5 heteroatoms. The highest BCUT2D eigenvalue weighted by molar-refractivity contribution is 7.09. The molecule has 1 aromatic carbocycles. The summed E-state index contributed by atoms with van der Waals surface area (Å²) in [6, 6.07) is 5.89. The van der Waals surface area contributed by atoms with E-state index < -0.39 is 0 Å². The van der Waals surface area contributed by atoms with Crippen LogP contribution in [-0.4, -0.2) is 11.1 Å². The van der Waals surface area contributed by atoms with Crippen molar-refractivity contribution in [1.29, 1.82) is 0 Å². The Labute approximate surface area is 129 Å². The van der Waals surface area contributed by atoms with Gasteiger partial charge in [-0.25, -0.2) is 4.98 Å². The van der Waals surface area contributed by atoms with E-state index in [1.807, 2.05) is 39.0 Å². The number of anilines is 1. The SMILES string of the molecule is Cc1nc(C(C)Nc2ccc(OC(C)C)c(Cl)c2)cs1. The van der Waals surface area contributed by atoms with Crippen LogP contribution in [-0.2, 0) is 0 Å². The maximum Gasteiger partial charge on any atom is 0.138 e. The minimum absolute atomic E-state index is 0.114. The molecule has 0 fully saturated rings. The Bertz CT molecular complexity index is 583. The van der Waals surface area contributed by atoms with E-state index in [2.05, 4.69) is 22.6 Å². The summed E-state index contributed by atoms with van der Waals surface area (Å²) in [6.07, 6.45) is 0.114. The molecule has 0 saturated carbocycles. The second-order valence-electron chi connectivity index (χ2n) is 4.97. The van der Waals surface area contributed by atoms with Gasteiger partial charge in [-0.2, -0.15) is 0 Å². The van der Waals surface area contributed by atoms with Gasteiger partial charge in [-0.3, -0.25) is 0 Å². The minimum Gasteiger partial charge on any atom is -0.489 e. The molecule has 1 atom stereocenters. The summed E-state index contributed by atoms with van der Waals surface area (Å²) in [4.78, 5) is 4.48. The van der Waals surface area contributed by atoms with Gasteiger partial charge in [0.25, 0.3) is 0 Å². The molecular weight excluding hydrogens is 292 g/mol. The highest BCUT2D eigenvalue weighted by atomic mass is 35.5. The summed E-state index contributed by atoms with van der Waals surface area (Å²) < 4.78 is 5.62. The molecule has 0 aliphatic heterocycles. The van der Waals surface area contributed by atoms with Crippen molar-refractivity contribution in [2.75, 3.05) is 5.32 Å². The quantitative estimate of drug-likeness (QED) is 0.837. The molecule has 20 heavy (non-hydrogen) atoms. The second-order valence-corrected chi connectivity index (χ2v) is 6.44. The van der Waals surface area contributed by atoms with Crippen molar-refractivity contribution in [3.63, 3.8) is 0 Å². The Kier molecular flexibility index (Phi) is 4.89. The van der Waals surface area contributed by atoms with Gasteiger partial charge in [-0.15, -0.1) is 11.3 Å². The zero-order valence-electron chi connectivity index (χ0n) is 12.1. The van der Waals surface area contributed by atoms with Crippen LogP contribution in [0.25, 0.3) is 0 Å². The molecule has 0 radical (unpaired) electrons. The third kappa shape index (κ3) is 3.87. The van der Waals surface area contributed by atoms with Gasteiger partial charge in [0, 0.05) is 11.1 Å². The van der Waals surface area contributed by atoms with Gasteiger partial charge in [0.15, 0.2) is 0 Å². The fourth-order valence-electron chi connectivity index (χ4n) is 1.84. The van der Waals surface area contributed by atoms with Crippen molar-refractivity contribution in [1.82, 2.24) is 4.98 Å².